The largest absolute Gasteiger partial charge is 0.338 e. The smallest absolute Gasteiger partial charge is 0.260 e. The van der Waals surface area contributed by atoms with Gasteiger partial charge in [-0.25, -0.2) is 17.6 Å². The van der Waals surface area contributed by atoms with Crippen LogP contribution in [0.2, 0.25) is 0 Å². The quantitative estimate of drug-likeness (QED) is 0.671. The van der Waals surface area contributed by atoms with Gasteiger partial charge in [-0.3, -0.25) is 4.79 Å². The summed E-state index contributed by atoms with van der Waals surface area (Å²) in [6.07, 6.45) is 0.600. The van der Waals surface area contributed by atoms with Crippen LogP contribution >= 0.6 is 12.4 Å². The lowest BCUT2D eigenvalue weighted by Gasteiger charge is -2.17. The Labute approximate surface area is 119 Å². The number of nitrogens with zero attached hydrogens (tertiary/aromatic N) is 1. The lowest BCUT2D eigenvalue weighted by atomic mass is 10.1. The van der Waals surface area contributed by atoms with Crippen LogP contribution in [0.5, 0.6) is 0 Å². The fraction of sp³-hybridized carbons (Fsp3) is 0.417. The number of rotatable bonds is 2. The monoisotopic (exact) mass is 312 g/mol. The molecule has 20 heavy (non-hydrogen) atoms. The van der Waals surface area contributed by atoms with Crippen molar-refractivity contribution < 1.29 is 22.4 Å². The summed E-state index contributed by atoms with van der Waals surface area (Å²) in [7, 11) is 0. The zero-order chi connectivity index (χ0) is 14.2. The van der Waals surface area contributed by atoms with Crippen molar-refractivity contribution in [3.05, 3.63) is 34.9 Å². The van der Waals surface area contributed by atoms with Crippen molar-refractivity contribution in [3.63, 3.8) is 0 Å². The van der Waals surface area contributed by atoms with Crippen LogP contribution < -0.4 is 5.73 Å². The standard InChI is InChI=1S/C12H12F4N2O.ClH/c13-7-3-8(14)11(16)9(10(7)15)12(19)18-2-1-6(4-17)5-18;/h3,6H,1-2,4-5,17H2;1H. The summed E-state index contributed by atoms with van der Waals surface area (Å²) >= 11 is 0. The van der Waals surface area contributed by atoms with Gasteiger partial charge in [0.25, 0.3) is 5.91 Å². The normalized spacial score (nSPS) is 18.1. The number of nitrogens with two attached hydrogens (primary N) is 1. The molecule has 1 aromatic carbocycles. The number of carbonyl (C=O) groups excluding carboxylic acids is 1. The first-order valence-corrected chi connectivity index (χ1v) is 5.78. The van der Waals surface area contributed by atoms with Crippen molar-refractivity contribution in [2.45, 2.75) is 6.42 Å². The Bertz CT molecular complexity index is 500. The van der Waals surface area contributed by atoms with Gasteiger partial charge in [-0.1, -0.05) is 0 Å². The third-order valence-corrected chi connectivity index (χ3v) is 3.23. The molecule has 3 nitrogen and oxygen atoms in total. The topological polar surface area (TPSA) is 46.3 Å². The fourth-order valence-corrected chi connectivity index (χ4v) is 2.13. The number of halogens is 5. The van der Waals surface area contributed by atoms with Gasteiger partial charge in [0.05, 0.1) is 0 Å². The van der Waals surface area contributed by atoms with Gasteiger partial charge in [0.2, 0.25) is 0 Å². The molecule has 2 N–H and O–H groups in total. The van der Waals surface area contributed by atoms with Crippen molar-refractivity contribution in [3.8, 4) is 0 Å². The second-order valence-electron chi connectivity index (χ2n) is 4.48. The van der Waals surface area contributed by atoms with Crippen LogP contribution in [0.3, 0.4) is 0 Å². The predicted octanol–water partition coefficient (Wildman–Crippen LogP) is 2.09. The molecule has 8 heteroatoms. The Hall–Kier alpha value is -1.34. The summed E-state index contributed by atoms with van der Waals surface area (Å²) in [5.41, 5.74) is 4.25. The van der Waals surface area contributed by atoms with Gasteiger partial charge in [0.15, 0.2) is 23.3 Å². The van der Waals surface area contributed by atoms with E-state index in [0.717, 1.165) is 4.90 Å². The Morgan fingerprint density at radius 3 is 2.25 bits per heavy atom. The Morgan fingerprint density at radius 1 is 1.25 bits per heavy atom. The molecular weight excluding hydrogens is 300 g/mol. The maximum absolute atomic E-state index is 13.5. The van der Waals surface area contributed by atoms with E-state index in [2.05, 4.69) is 0 Å². The van der Waals surface area contributed by atoms with E-state index in [1.807, 2.05) is 0 Å². The molecule has 0 saturated carbocycles. The molecule has 112 valence electrons. The second kappa shape index (κ2) is 6.41. The molecule has 0 aliphatic carbocycles. The van der Waals surface area contributed by atoms with Crippen molar-refractivity contribution in [2.24, 2.45) is 11.7 Å². The van der Waals surface area contributed by atoms with Crippen molar-refractivity contribution in [1.82, 2.24) is 4.90 Å². The molecule has 1 aliphatic rings. The average Bonchev–Trinajstić information content (AvgIpc) is 2.85. The SMILES string of the molecule is Cl.NCC1CCN(C(=O)c2c(F)c(F)cc(F)c2F)C1. The van der Waals surface area contributed by atoms with Gasteiger partial charge < -0.3 is 10.6 Å². The van der Waals surface area contributed by atoms with Crippen molar-refractivity contribution in [2.75, 3.05) is 19.6 Å². The van der Waals surface area contributed by atoms with Gasteiger partial charge in [0, 0.05) is 19.2 Å². The van der Waals surface area contributed by atoms with Gasteiger partial charge in [-0.2, -0.15) is 0 Å². The minimum atomic E-state index is -1.67. The van der Waals surface area contributed by atoms with E-state index in [9.17, 15) is 22.4 Å². The summed E-state index contributed by atoms with van der Waals surface area (Å²) in [4.78, 5) is 13.1. The third-order valence-electron chi connectivity index (χ3n) is 3.23. The molecule has 1 fully saturated rings. The molecule has 1 amide bonds. The number of amides is 1. The first kappa shape index (κ1) is 16.7. The minimum absolute atomic E-state index is 0. The highest BCUT2D eigenvalue weighted by Gasteiger charge is 2.32. The summed E-state index contributed by atoms with van der Waals surface area (Å²) < 4.78 is 53.0. The number of carbonyl (C=O) groups is 1. The third kappa shape index (κ3) is 2.88. The Kier molecular flexibility index (Phi) is 5.35. The molecule has 1 heterocycles. The molecule has 1 unspecified atom stereocenters. The lowest BCUT2D eigenvalue weighted by Crippen LogP contribution is -2.31. The van der Waals surface area contributed by atoms with Gasteiger partial charge >= 0.3 is 0 Å². The van der Waals surface area contributed by atoms with Crippen LogP contribution in [0.25, 0.3) is 0 Å². The van der Waals surface area contributed by atoms with Gasteiger partial charge in [-0.15, -0.1) is 12.4 Å². The fourth-order valence-electron chi connectivity index (χ4n) is 2.13. The first-order chi connectivity index (χ1) is 8.95. The average molecular weight is 313 g/mol. The molecule has 1 saturated heterocycles. The van der Waals surface area contributed by atoms with E-state index in [-0.39, 0.29) is 37.5 Å². The van der Waals surface area contributed by atoms with Crippen LogP contribution in [0, 0.1) is 29.2 Å². The highest BCUT2D eigenvalue weighted by atomic mass is 35.5. The molecule has 0 bridgehead atoms. The number of likely N-dealkylation sites (tertiary alicyclic amines) is 1. The van der Waals surface area contributed by atoms with Crippen molar-refractivity contribution in [1.29, 1.82) is 0 Å². The molecule has 2 rings (SSSR count). The van der Waals surface area contributed by atoms with E-state index in [0.29, 0.717) is 13.0 Å². The van der Waals surface area contributed by atoms with Crippen LogP contribution in [0.15, 0.2) is 6.07 Å². The second-order valence-corrected chi connectivity index (χ2v) is 4.48. The lowest BCUT2D eigenvalue weighted by molar-refractivity contribution is 0.0775. The Morgan fingerprint density at radius 2 is 1.80 bits per heavy atom. The van der Waals surface area contributed by atoms with Crippen LogP contribution in [0.4, 0.5) is 17.6 Å². The van der Waals surface area contributed by atoms with Gasteiger partial charge in [-0.05, 0) is 18.9 Å². The Balaban J connectivity index is 0.00000200. The molecule has 0 aromatic heterocycles. The molecule has 0 radical (unpaired) electrons. The molecule has 1 atom stereocenters. The maximum Gasteiger partial charge on any atom is 0.260 e. The number of hydrogen-bond acceptors (Lipinski definition) is 2. The summed E-state index contributed by atoms with van der Waals surface area (Å²) in [5, 5.41) is 0. The number of hydrogen-bond donors (Lipinski definition) is 1. The van der Waals surface area contributed by atoms with Gasteiger partial charge in [0.1, 0.15) is 5.56 Å². The molecule has 1 aromatic rings. The predicted molar refractivity (Wildman–Crippen MR) is 66.6 cm³/mol. The minimum Gasteiger partial charge on any atom is -0.338 e. The molecular formula is C12H13ClF4N2O. The summed E-state index contributed by atoms with van der Waals surface area (Å²) in [6.45, 7) is 0.830. The van der Waals surface area contributed by atoms with E-state index < -0.39 is 34.7 Å². The molecule has 0 spiro atoms. The van der Waals surface area contributed by atoms with Crippen LogP contribution in [-0.2, 0) is 0 Å². The van der Waals surface area contributed by atoms with Crippen molar-refractivity contribution >= 4 is 18.3 Å². The zero-order valence-electron chi connectivity index (χ0n) is 10.3. The molecule has 1 aliphatic heterocycles. The summed E-state index contributed by atoms with van der Waals surface area (Å²) in [5.74, 6) is -7.52. The van der Waals surface area contributed by atoms with E-state index >= 15 is 0 Å². The maximum atomic E-state index is 13.5. The first-order valence-electron chi connectivity index (χ1n) is 5.78. The van der Waals surface area contributed by atoms with Crippen LogP contribution in [0.1, 0.15) is 16.8 Å². The zero-order valence-corrected chi connectivity index (χ0v) is 11.2. The van der Waals surface area contributed by atoms with E-state index in [1.165, 1.54) is 0 Å². The van der Waals surface area contributed by atoms with E-state index in [4.69, 9.17) is 5.73 Å². The highest BCUT2D eigenvalue weighted by molar-refractivity contribution is 5.95. The van der Waals surface area contributed by atoms with Crippen LogP contribution in [-0.4, -0.2) is 30.4 Å². The van der Waals surface area contributed by atoms with E-state index in [1.54, 1.807) is 0 Å². The number of benzene rings is 1. The summed E-state index contributed by atoms with van der Waals surface area (Å²) in [6, 6.07) is 0.0775. The highest BCUT2D eigenvalue weighted by Crippen LogP contribution is 2.24.